The number of carbonyl (C=O) groups excluding carboxylic acids is 1. The molecule has 0 aromatic heterocycles. The Labute approximate surface area is 106 Å². The lowest BCUT2D eigenvalue weighted by atomic mass is 10.2. The van der Waals surface area contributed by atoms with Crippen molar-refractivity contribution in [2.45, 2.75) is 25.8 Å². The van der Waals surface area contributed by atoms with Crippen LogP contribution in [0.1, 0.15) is 19.8 Å². The first kappa shape index (κ1) is 13.8. The molecule has 0 aliphatic rings. The van der Waals surface area contributed by atoms with Gasteiger partial charge in [0.15, 0.2) is 0 Å². The predicted octanol–water partition coefficient (Wildman–Crippen LogP) is 2.62. The Bertz CT molecular complexity index is 371. The number of amides is 2. The van der Waals surface area contributed by atoms with Gasteiger partial charge in [0.1, 0.15) is 0 Å². The van der Waals surface area contributed by atoms with E-state index in [1.54, 1.807) is 24.3 Å². The number of anilines is 1. The summed E-state index contributed by atoms with van der Waals surface area (Å²) in [5.74, 6) is 0. The van der Waals surface area contributed by atoms with Gasteiger partial charge in [-0.15, -0.1) is 0 Å². The lowest BCUT2D eigenvalue weighted by Gasteiger charge is -2.16. The fourth-order valence-electron chi connectivity index (χ4n) is 1.44. The van der Waals surface area contributed by atoms with Gasteiger partial charge in [0, 0.05) is 12.6 Å². The molecule has 1 aromatic rings. The minimum absolute atomic E-state index is 0.0255. The van der Waals surface area contributed by atoms with Crippen molar-refractivity contribution in [3.8, 4) is 0 Å². The number of para-hydroxylation sites is 1. The summed E-state index contributed by atoms with van der Waals surface area (Å²) < 4.78 is 0. The number of rotatable bonds is 5. The van der Waals surface area contributed by atoms with E-state index in [1.807, 2.05) is 6.92 Å². The average molecular weight is 257 g/mol. The van der Waals surface area contributed by atoms with E-state index in [4.69, 9.17) is 16.7 Å². The number of aliphatic hydroxyl groups is 1. The maximum Gasteiger partial charge on any atom is 0.319 e. The monoisotopic (exact) mass is 256 g/mol. The summed E-state index contributed by atoms with van der Waals surface area (Å²) in [4.78, 5) is 11.6. The molecule has 0 aliphatic carbocycles. The molecular weight excluding hydrogens is 240 g/mol. The van der Waals surface area contributed by atoms with E-state index in [9.17, 15) is 4.79 Å². The predicted molar refractivity (Wildman–Crippen MR) is 69.4 cm³/mol. The summed E-state index contributed by atoms with van der Waals surface area (Å²) in [6, 6.07) is 6.70. The van der Waals surface area contributed by atoms with Crippen LogP contribution in [0.3, 0.4) is 0 Å². The molecule has 0 saturated heterocycles. The van der Waals surface area contributed by atoms with Crippen LogP contribution in [0, 0.1) is 0 Å². The summed E-state index contributed by atoms with van der Waals surface area (Å²) in [6.45, 7) is 2.01. The van der Waals surface area contributed by atoms with Crippen molar-refractivity contribution in [2.24, 2.45) is 0 Å². The van der Waals surface area contributed by atoms with Gasteiger partial charge in [-0.3, -0.25) is 0 Å². The first-order valence-electron chi connectivity index (χ1n) is 5.60. The maximum absolute atomic E-state index is 11.6. The zero-order valence-corrected chi connectivity index (χ0v) is 10.5. The topological polar surface area (TPSA) is 61.4 Å². The minimum atomic E-state index is -0.307. The first-order chi connectivity index (χ1) is 8.17. The molecule has 5 heteroatoms. The smallest absolute Gasteiger partial charge is 0.319 e. The van der Waals surface area contributed by atoms with E-state index < -0.39 is 0 Å². The van der Waals surface area contributed by atoms with Crippen LogP contribution in [0.2, 0.25) is 5.02 Å². The van der Waals surface area contributed by atoms with Crippen LogP contribution in [0.25, 0.3) is 0 Å². The largest absolute Gasteiger partial charge is 0.396 e. The molecule has 17 heavy (non-hydrogen) atoms. The van der Waals surface area contributed by atoms with E-state index >= 15 is 0 Å². The Hall–Kier alpha value is -1.26. The third kappa shape index (κ3) is 4.63. The van der Waals surface area contributed by atoms with Crippen molar-refractivity contribution in [1.29, 1.82) is 0 Å². The zero-order chi connectivity index (χ0) is 12.7. The van der Waals surface area contributed by atoms with Crippen LogP contribution >= 0.6 is 11.6 Å². The van der Waals surface area contributed by atoms with Crippen molar-refractivity contribution in [1.82, 2.24) is 5.32 Å². The number of carbonyl (C=O) groups is 1. The number of hydrogen-bond acceptors (Lipinski definition) is 2. The van der Waals surface area contributed by atoms with Crippen molar-refractivity contribution in [2.75, 3.05) is 11.9 Å². The average Bonchev–Trinajstić information content (AvgIpc) is 2.31. The zero-order valence-electron chi connectivity index (χ0n) is 9.74. The molecule has 0 heterocycles. The molecular formula is C12H17ClN2O2. The summed E-state index contributed by atoms with van der Waals surface area (Å²) in [5.41, 5.74) is 0.575. The van der Waals surface area contributed by atoms with E-state index in [0.717, 1.165) is 6.42 Å². The summed E-state index contributed by atoms with van der Waals surface area (Å²) in [5, 5.41) is 14.8. The summed E-state index contributed by atoms with van der Waals surface area (Å²) in [6.07, 6.45) is 1.32. The lowest BCUT2D eigenvalue weighted by Crippen LogP contribution is -2.38. The lowest BCUT2D eigenvalue weighted by molar-refractivity contribution is 0.237. The number of aliphatic hydroxyl groups excluding tert-OH is 1. The third-order valence-corrected chi connectivity index (χ3v) is 2.76. The Balaban J connectivity index is 2.52. The Morgan fingerprint density at radius 1 is 1.47 bits per heavy atom. The third-order valence-electron chi connectivity index (χ3n) is 2.43. The van der Waals surface area contributed by atoms with Crippen LogP contribution in [-0.4, -0.2) is 23.8 Å². The first-order valence-corrected chi connectivity index (χ1v) is 5.98. The van der Waals surface area contributed by atoms with E-state index in [1.165, 1.54) is 0 Å². The molecule has 1 rings (SSSR count). The number of nitrogens with one attached hydrogen (secondary N) is 2. The van der Waals surface area contributed by atoms with Crippen molar-refractivity contribution in [3.05, 3.63) is 29.3 Å². The number of benzene rings is 1. The second kappa shape index (κ2) is 7.14. The number of hydrogen-bond donors (Lipinski definition) is 3. The quantitative estimate of drug-likeness (QED) is 0.758. The molecule has 1 unspecified atom stereocenters. The second-order valence-corrected chi connectivity index (χ2v) is 4.10. The standard InChI is InChI=1S/C12H17ClN2O2/c1-2-9(7-8-16)14-12(17)15-11-6-4-3-5-10(11)13/h3-6,9,16H,2,7-8H2,1H3,(H2,14,15,17). The van der Waals surface area contributed by atoms with Gasteiger partial charge in [-0.25, -0.2) is 4.79 Å². The highest BCUT2D eigenvalue weighted by Gasteiger charge is 2.10. The second-order valence-electron chi connectivity index (χ2n) is 3.70. The van der Waals surface area contributed by atoms with Gasteiger partial charge < -0.3 is 15.7 Å². The van der Waals surface area contributed by atoms with Crippen molar-refractivity contribution in [3.63, 3.8) is 0 Å². The highest BCUT2D eigenvalue weighted by atomic mass is 35.5. The van der Waals surface area contributed by atoms with Crippen LogP contribution in [0.4, 0.5) is 10.5 Å². The van der Waals surface area contributed by atoms with Crippen molar-refractivity contribution < 1.29 is 9.90 Å². The Kier molecular flexibility index (Phi) is 5.80. The summed E-state index contributed by atoms with van der Waals surface area (Å²) >= 11 is 5.92. The molecule has 1 atom stereocenters. The van der Waals surface area contributed by atoms with Crippen LogP contribution in [0.5, 0.6) is 0 Å². The SMILES string of the molecule is CCC(CCO)NC(=O)Nc1ccccc1Cl. The van der Waals surface area contributed by atoms with Crippen LogP contribution in [0.15, 0.2) is 24.3 Å². The highest BCUT2D eigenvalue weighted by Crippen LogP contribution is 2.20. The van der Waals surface area contributed by atoms with Gasteiger partial charge in [0.05, 0.1) is 10.7 Å². The van der Waals surface area contributed by atoms with Gasteiger partial charge in [-0.2, -0.15) is 0 Å². The molecule has 2 amide bonds. The van der Waals surface area contributed by atoms with Crippen LogP contribution < -0.4 is 10.6 Å². The van der Waals surface area contributed by atoms with Crippen LogP contribution in [-0.2, 0) is 0 Å². The molecule has 0 aliphatic heterocycles. The van der Waals surface area contributed by atoms with Gasteiger partial charge >= 0.3 is 6.03 Å². The minimum Gasteiger partial charge on any atom is -0.396 e. The number of halogens is 1. The van der Waals surface area contributed by atoms with E-state index in [2.05, 4.69) is 10.6 Å². The fraction of sp³-hybridized carbons (Fsp3) is 0.417. The molecule has 0 bridgehead atoms. The van der Waals surface area contributed by atoms with Gasteiger partial charge in [-0.05, 0) is 25.0 Å². The van der Waals surface area contributed by atoms with E-state index in [-0.39, 0.29) is 18.7 Å². The molecule has 94 valence electrons. The molecule has 0 spiro atoms. The number of urea groups is 1. The summed E-state index contributed by atoms with van der Waals surface area (Å²) in [7, 11) is 0. The molecule has 0 radical (unpaired) electrons. The van der Waals surface area contributed by atoms with Gasteiger partial charge in [0.2, 0.25) is 0 Å². The van der Waals surface area contributed by atoms with Crippen molar-refractivity contribution >= 4 is 23.3 Å². The molecule has 3 N–H and O–H groups in total. The molecule has 4 nitrogen and oxygen atoms in total. The highest BCUT2D eigenvalue weighted by molar-refractivity contribution is 6.33. The molecule has 1 aromatic carbocycles. The van der Waals surface area contributed by atoms with E-state index in [0.29, 0.717) is 17.1 Å². The van der Waals surface area contributed by atoms with Gasteiger partial charge in [-0.1, -0.05) is 30.7 Å². The molecule has 0 saturated carbocycles. The Morgan fingerprint density at radius 3 is 2.76 bits per heavy atom. The normalized spacial score (nSPS) is 11.9. The Morgan fingerprint density at radius 2 is 2.18 bits per heavy atom. The van der Waals surface area contributed by atoms with Gasteiger partial charge in [0.25, 0.3) is 0 Å². The molecule has 0 fully saturated rings. The fourth-order valence-corrected chi connectivity index (χ4v) is 1.62. The maximum atomic E-state index is 11.6.